The van der Waals surface area contributed by atoms with E-state index in [4.69, 9.17) is 4.74 Å². The number of esters is 1. The predicted molar refractivity (Wildman–Crippen MR) is 76.1 cm³/mol. The van der Waals surface area contributed by atoms with Gasteiger partial charge in [0.1, 0.15) is 22.4 Å². The highest BCUT2D eigenvalue weighted by molar-refractivity contribution is 8.00. The Kier molecular flexibility index (Phi) is 4.89. The minimum Gasteiger partial charge on any atom is -0.465 e. The Morgan fingerprint density at radius 3 is 2.90 bits per heavy atom. The summed E-state index contributed by atoms with van der Waals surface area (Å²) < 4.78 is 18.4. The third kappa shape index (κ3) is 3.25. The number of aromatic nitrogens is 2. The fourth-order valence-electron chi connectivity index (χ4n) is 1.77. The number of thioether (sulfide) groups is 1. The largest absolute Gasteiger partial charge is 0.465 e. The van der Waals surface area contributed by atoms with Crippen LogP contribution in [0.2, 0.25) is 0 Å². The second-order valence-electron chi connectivity index (χ2n) is 4.11. The minimum atomic E-state index is -0.351. The fraction of sp³-hybridized carbons (Fsp3) is 0.357. The highest BCUT2D eigenvalue weighted by Gasteiger charge is 2.21. The van der Waals surface area contributed by atoms with Crippen molar-refractivity contribution in [2.24, 2.45) is 0 Å². The zero-order valence-corrected chi connectivity index (χ0v) is 12.1. The van der Waals surface area contributed by atoms with Gasteiger partial charge in [-0.25, -0.2) is 14.4 Å². The van der Waals surface area contributed by atoms with Gasteiger partial charge in [-0.15, -0.1) is 0 Å². The van der Waals surface area contributed by atoms with Crippen LogP contribution in [-0.2, 0) is 9.53 Å². The van der Waals surface area contributed by atoms with Crippen molar-refractivity contribution in [3.63, 3.8) is 0 Å². The van der Waals surface area contributed by atoms with Crippen molar-refractivity contribution in [1.82, 2.24) is 9.97 Å². The third-order valence-electron chi connectivity index (χ3n) is 2.73. The highest BCUT2D eigenvalue weighted by Crippen LogP contribution is 2.30. The Morgan fingerprint density at radius 1 is 1.40 bits per heavy atom. The Labute approximate surface area is 120 Å². The fourth-order valence-corrected chi connectivity index (χ4v) is 2.77. The van der Waals surface area contributed by atoms with Gasteiger partial charge in [0, 0.05) is 5.39 Å². The van der Waals surface area contributed by atoms with Crippen molar-refractivity contribution < 1.29 is 13.9 Å². The molecule has 0 radical (unpaired) electrons. The minimum absolute atomic E-state index is 0.275. The monoisotopic (exact) mass is 294 g/mol. The molecule has 1 heterocycles. The van der Waals surface area contributed by atoms with Crippen LogP contribution in [0.25, 0.3) is 10.9 Å². The van der Waals surface area contributed by atoms with Crippen LogP contribution in [0.5, 0.6) is 0 Å². The first-order chi connectivity index (χ1) is 9.65. The average molecular weight is 294 g/mol. The van der Waals surface area contributed by atoms with Crippen LogP contribution in [0.15, 0.2) is 29.6 Å². The van der Waals surface area contributed by atoms with Gasteiger partial charge in [0.2, 0.25) is 0 Å². The van der Waals surface area contributed by atoms with Gasteiger partial charge in [-0.2, -0.15) is 0 Å². The van der Waals surface area contributed by atoms with Crippen LogP contribution >= 0.6 is 11.8 Å². The summed E-state index contributed by atoms with van der Waals surface area (Å²) in [6.45, 7) is 4.01. The molecule has 1 aromatic heterocycles. The van der Waals surface area contributed by atoms with E-state index in [2.05, 4.69) is 9.97 Å². The molecule has 2 aromatic rings. The summed E-state index contributed by atoms with van der Waals surface area (Å²) >= 11 is 1.28. The summed E-state index contributed by atoms with van der Waals surface area (Å²) in [6.07, 6.45) is 2.03. The van der Waals surface area contributed by atoms with Gasteiger partial charge in [-0.1, -0.05) is 18.7 Å². The zero-order chi connectivity index (χ0) is 14.5. The normalized spacial score (nSPS) is 12.3. The molecule has 2 rings (SSSR count). The van der Waals surface area contributed by atoms with Crippen molar-refractivity contribution in [2.45, 2.75) is 30.5 Å². The first kappa shape index (κ1) is 14.7. The molecule has 0 aliphatic rings. The lowest BCUT2D eigenvalue weighted by Gasteiger charge is -2.13. The van der Waals surface area contributed by atoms with Crippen molar-refractivity contribution in [3.8, 4) is 0 Å². The number of ether oxygens (including phenoxy) is 1. The van der Waals surface area contributed by atoms with Gasteiger partial charge in [0.05, 0.1) is 12.1 Å². The van der Waals surface area contributed by atoms with Gasteiger partial charge >= 0.3 is 5.97 Å². The highest BCUT2D eigenvalue weighted by atomic mass is 32.2. The summed E-state index contributed by atoms with van der Waals surface area (Å²) in [5, 5.41) is 0.853. The van der Waals surface area contributed by atoms with E-state index < -0.39 is 0 Å². The molecule has 106 valence electrons. The van der Waals surface area contributed by atoms with Gasteiger partial charge in [-0.3, -0.25) is 4.79 Å². The molecule has 0 N–H and O–H groups in total. The predicted octanol–water partition coefficient (Wildman–Crippen LogP) is 3.20. The van der Waals surface area contributed by atoms with E-state index in [9.17, 15) is 9.18 Å². The quantitative estimate of drug-likeness (QED) is 0.481. The van der Waals surface area contributed by atoms with Gasteiger partial charge in [0.15, 0.2) is 0 Å². The van der Waals surface area contributed by atoms with Crippen molar-refractivity contribution in [2.75, 3.05) is 6.61 Å². The number of nitrogens with zero attached hydrogens (tertiary/aromatic N) is 2. The molecule has 0 aliphatic carbocycles. The summed E-state index contributed by atoms with van der Waals surface area (Å²) in [7, 11) is 0. The van der Waals surface area contributed by atoms with Gasteiger partial charge in [0.25, 0.3) is 0 Å². The summed E-state index contributed by atoms with van der Waals surface area (Å²) in [4.78, 5) is 20.1. The van der Waals surface area contributed by atoms with Crippen LogP contribution in [0.4, 0.5) is 4.39 Å². The molecule has 0 aliphatic heterocycles. The van der Waals surface area contributed by atoms with Crippen LogP contribution < -0.4 is 0 Å². The topological polar surface area (TPSA) is 52.1 Å². The second kappa shape index (κ2) is 6.65. The molecule has 20 heavy (non-hydrogen) atoms. The lowest BCUT2D eigenvalue weighted by molar-refractivity contribution is -0.142. The number of fused-ring (bicyclic) bond motifs is 1. The SMILES string of the molecule is CCOC(=O)C(CC)Sc1ncnc2ccc(F)cc12. The van der Waals surface area contributed by atoms with E-state index in [0.29, 0.717) is 29.0 Å². The Balaban J connectivity index is 2.32. The van der Waals surface area contributed by atoms with E-state index in [-0.39, 0.29) is 17.0 Å². The Hall–Kier alpha value is -1.69. The van der Waals surface area contributed by atoms with E-state index in [1.165, 1.54) is 30.2 Å². The molecular weight excluding hydrogens is 279 g/mol. The number of hydrogen-bond acceptors (Lipinski definition) is 5. The molecule has 1 aromatic carbocycles. The van der Waals surface area contributed by atoms with E-state index in [1.54, 1.807) is 13.0 Å². The third-order valence-corrected chi connectivity index (χ3v) is 4.09. The van der Waals surface area contributed by atoms with Crippen LogP contribution in [0.1, 0.15) is 20.3 Å². The number of hydrogen-bond donors (Lipinski definition) is 0. The molecule has 0 saturated heterocycles. The number of carbonyl (C=O) groups is 1. The molecule has 0 bridgehead atoms. The summed E-state index contributed by atoms with van der Waals surface area (Å²) in [5.41, 5.74) is 0.655. The maximum Gasteiger partial charge on any atom is 0.319 e. The van der Waals surface area contributed by atoms with Crippen LogP contribution in [0.3, 0.4) is 0 Å². The Morgan fingerprint density at radius 2 is 2.20 bits per heavy atom. The first-order valence-electron chi connectivity index (χ1n) is 6.39. The summed E-state index contributed by atoms with van der Waals surface area (Å²) in [5.74, 6) is -0.624. The molecule has 4 nitrogen and oxygen atoms in total. The lowest BCUT2D eigenvalue weighted by atomic mass is 10.2. The number of benzene rings is 1. The molecular formula is C14H15FN2O2S. The van der Waals surface area contributed by atoms with Gasteiger partial charge < -0.3 is 4.74 Å². The number of halogens is 1. The number of rotatable bonds is 5. The van der Waals surface area contributed by atoms with Gasteiger partial charge in [-0.05, 0) is 31.5 Å². The average Bonchev–Trinajstić information content (AvgIpc) is 2.45. The first-order valence-corrected chi connectivity index (χ1v) is 7.27. The Bertz CT molecular complexity index is 621. The molecule has 1 unspecified atom stereocenters. The molecule has 6 heteroatoms. The lowest BCUT2D eigenvalue weighted by Crippen LogP contribution is -2.19. The molecule has 0 saturated carbocycles. The van der Waals surface area contributed by atoms with E-state index >= 15 is 0 Å². The summed E-state index contributed by atoms with van der Waals surface area (Å²) in [6, 6.07) is 4.34. The smallest absolute Gasteiger partial charge is 0.319 e. The molecule has 0 spiro atoms. The van der Waals surface area contributed by atoms with E-state index in [0.717, 1.165) is 0 Å². The molecule has 0 fully saturated rings. The number of carbonyl (C=O) groups excluding carboxylic acids is 1. The van der Waals surface area contributed by atoms with Crippen molar-refractivity contribution in [3.05, 3.63) is 30.3 Å². The molecule has 0 amide bonds. The van der Waals surface area contributed by atoms with Crippen LogP contribution in [0, 0.1) is 5.82 Å². The standard InChI is InChI=1S/C14H15FN2O2S/c1-3-12(14(18)19-4-2)20-13-10-7-9(15)5-6-11(10)16-8-17-13/h5-8,12H,3-4H2,1-2H3. The maximum absolute atomic E-state index is 13.4. The van der Waals surface area contributed by atoms with E-state index in [1.807, 2.05) is 6.92 Å². The zero-order valence-electron chi connectivity index (χ0n) is 11.3. The molecule has 1 atom stereocenters. The second-order valence-corrected chi connectivity index (χ2v) is 5.30. The van der Waals surface area contributed by atoms with Crippen LogP contribution in [-0.4, -0.2) is 27.8 Å². The van der Waals surface area contributed by atoms with Crippen molar-refractivity contribution >= 4 is 28.6 Å². The van der Waals surface area contributed by atoms with Crippen molar-refractivity contribution in [1.29, 1.82) is 0 Å². The maximum atomic E-state index is 13.4.